The van der Waals surface area contributed by atoms with Crippen molar-refractivity contribution in [2.45, 2.75) is 31.8 Å². The lowest BCUT2D eigenvalue weighted by atomic mass is 10.0. The van der Waals surface area contributed by atoms with E-state index in [1.807, 2.05) is 0 Å². The Balaban J connectivity index is 1.63. The summed E-state index contributed by atoms with van der Waals surface area (Å²) in [6.07, 6.45) is 2.25. The molecule has 1 amide bonds. The van der Waals surface area contributed by atoms with E-state index in [0.717, 1.165) is 12.8 Å². The smallest absolute Gasteiger partial charge is 0.254 e. The Morgan fingerprint density at radius 2 is 2.26 bits per heavy atom. The number of carbonyl (C=O) groups excluding carboxylic acids is 1. The monoisotopic (exact) mass is 374 g/mol. The summed E-state index contributed by atoms with van der Waals surface area (Å²) in [6, 6.07) is 7.24. The molecule has 0 radical (unpaired) electrons. The van der Waals surface area contributed by atoms with Crippen LogP contribution in [0.3, 0.4) is 0 Å². The molecule has 1 saturated heterocycles. The van der Waals surface area contributed by atoms with E-state index in [4.69, 9.17) is 0 Å². The predicted octanol–water partition coefficient (Wildman–Crippen LogP) is 2.76. The van der Waals surface area contributed by atoms with E-state index in [9.17, 15) is 9.18 Å². The van der Waals surface area contributed by atoms with Crippen LogP contribution in [0.1, 0.15) is 30.1 Å². The molecule has 3 nitrogen and oxygen atoms in total. The van der Waals surface area contributed by atoms with E-state index in [-0.39, 0.29) is 16.9 Å². The second-order valence-electron chi connectivity index (χ2n) is 5.64. The molecule has 1 heterocycles. The van der Waals surface area contributed by atoms with Crippen molar-refractivity contribution in [3.05, 3.63) is 35.6 Å². The Hall–Kier alpha value is -0.690. The maximum Gasteiger partial charge on any atom is 0.254 e. The topological polar surface area (TPSA) is 32.3 Å². The van der Waals surface area contributed by atoms with Gasteiger partial charge in [0.05, 0.1) is 5.56 Å². The number of hydrogen-bond acceptors (Lipinski definition) is 2. The van der Waals surface area contributed by atoms with Gasteiger partial charge in [0.15, 0.2) is 0 Å². The fourth-order valence-electron chi connectivity index (χ4n) is 3.14. The molecule has 2 aliphatic rings. The zero-order valence-electron chi connectivity index (χ0n) is 10.7. The van der Waals surface area contributed by atoms with E-state index in [1.165, 1.54) is 12.1 Å². The van der Waals surface area contributed by atoms with Gasteiger partial charge in [-0.25, -0.2) is 7.50 Å². The lowest BCUT2D eigenvalue weighted by molar-refractivity contribution is 0.0940. The molecule has 5 heteroatoms. The van der Waals surface area contributed by atoms with Crippen LogP contribution >= 0.6 is 22.9 Å². The SMILES string of the molecule is C[C@@H]1C[C@@]2(CNC(=O)c3ccccc3F)C[C@H]2N1I. The Morgan fingerprint density at radius 3 is 2.89 bits per heavy atom. The molecule has 19 heavy (non-hydrogen) atoms. The number of nitrogens with one attached hydrogen (secondary N) is 1. The molecule has 1 aromatic rings. The number of amides is 1. The van der Waals surface area contributed by atoms with Crippen LogP contribution in [0.15, 0.2) is 24.3 Å². The van der Waals surface area contributed by atoms with Crippen LogP contribution in [-0.4, -0.2) is 27.6 Å². The van der Waals surface area contributed by atoms with Gasteiger partial charge in [-0.2, -0.15) is 0 Å². The number of fused-ring (bicyclic) bond motifs is 1. The number of piperidine rings is 1. The van der Waals surface area contributed by atoms with Gasteiger partial charge >= 0.3 is 0 Å². The lowest BCUT2D eigenvalue weighted by Gasteiger charge is -2.16. The Kier molecular flexibility index (Phi) is 3.29. The minimum Gasteiger partial charge on any atom is -0.351 e. The highest BCUT2D eigenvalue weighted by atomic mass is 127. The van der Waals surface area contributed by atoms with Gasteiger partial charge in [0.2, 0.25) is 0 Å². The molecule has 3 atom stereocenters. The highest BCUT2D eigenvalue weighted by Gasteiger charge is 2.62. The van der Waals surface area contributed by atoms with Crippen molar-refractivity contribution in [3.63, 3.8) is 0 Å². The van der Waals surface area contributed by atoms with Gasteiger partial charge in [0.1, 0.15) is 5.82 Å². The second kappa shape index (κ2) is 4.70. The van der Waals surface area contributed by atoms with Crippen molar-refractivity contribution >= 4 is 28.8 Å². The third-order valence-electron chi connectivity index (χ3n) is 4.29. The van der Waals surface area contributed by atoms with Gasteiger partial charge in [0.25, 0.3) is 5.91 Å². The first-order chi connectivity index (χ1) is 9.03. The fraction of sp³-hybridized carbons (Fsp3) is 0.500. The average molecular weight is 374 g/mol. The molecular formula is C14H16FIN2O. The van der Waals surface area contributed by atoms with Crippen LogP contribution in [0.2, 0.25) is 0 Å². The molecule has 1 saturated carbocycles. The van der Waals surface area contributed by atoms with Crippen molar-refractivity contribution in [2.75, 3.05) is 6.54 Å². The molecular weight excluding hydrogens is 358 g/mol. The van der Waals surface area contributed by atoms with Crippen LogP contribution in [0, 0.1) is 11.2 Å². The Morgan fingerprint density at radius 1 is 1.53 bits per heavy atom. The van der Waals surface area contributed by atoms with Crippen LogP contribution in [0.4, 0.5) is 4.39 Å². The van der Waals surface area contributed by atoms with E-state index < -0.39 is 5.82 Å². The largest absolute Gasteiger partial charge is 0.351 e. The van der Waals surface area contributed by atoms with Crippen LogP contribution in [-0.2, 0) is 0 Å². The van der Waals surface area contributed by atoms with Gasteiger partial charge in [0, 0.05) is 46.9 Å². The van der Waals surface area contributed by atoms with Crippen molar-refractivity contribution in [1.82, 2.24) is 8.43 Å². The minimum atomic E-state index is -0.458. The average Bonchev–Trinajstić information content (AvgIpc) is 3.04. The molecule has 1 aromatic carbocycles. The molecule has 1 aliphatic heterocycles. The van der Waals surface area contributed by atoms with Gasteiger partial charge < -0.3 is 5.32 Å². The van der Waals surface area contributed by atoms with Gasteiger partial charge in [-0.1, -0.05) is 12.1 Å². The van der Waals surface area contributed by atoms with E-state index in [2.05, 4.69) is 38.2 Å². The highest BCUT2D eigenvalue weighted by Crippen LogP contribution is 2.60. The summed E-state index contributed by atoms with van der Waals surface area (Å²) < 4.78 is 15.9. The van der Waals surface area contributed by atoms with E-state index in [1.54, 1.807) is 12.1 Å². The molecule has 2 fully saturated rings. The first kappa shape index (κ1) is 13.3. The van der Waals surface area contributed by atoms with E-state index >= 15 is 0 Å². The maximum atomic E-state index is 13.5. The van der Waals surface area contributed by atoms with Crippen LogP contribution in [0.5, 0.6) is 0 Å². The molecule has 102 valence electrons. The molecule has 0 spiro atoms. The third-order valence-corrected chi connectivity index (χ3v) is 5.91. The summed E-state index contributed by atoms with van der Waals surface area (Å²) in [7, 11) is 0. The number of hydrogen-bond donors (Lipinski definition) is 1. The number of halogens is 2. The van der Waals surface area contributed by atoms with Crippen molar-refractivity contribution < 1.29 is 9.18 Å². The van der Waals surface area contributed by atoms with Crippen molar-refractivity contribution in [2.24, 2.45) is 5.41 Å². The summed E-state index contributed by atoms with van der Waals surface area (Å²) in [6.45, 7) is 2.85. The minimum absolute atomic E-state index is 0.133. The molecule has 3 rings (SSSR count). The predicted molar refractivity (Wildman–Crippen MR) is 79.5 cm³/mol. The number of rotatable bonds is 3. The lowest BCUT2D eigenvalue weighted by Crippen LogP contribution is -2.31. The Labute approximate surface area is 126 Å². The zero-order chi connectivity index (χ0) is 13.6. The highest BCUT2D eigenvalue weighted by molar-refractivity contribution is 14.1. The Bertz CT molecular complexity index is 524. The normalized spacial score (nSPS) is 33.0. The molecule has 1 N–H and O–H groups in total. The first-order valence-electron chi connectivity index (χ1n) is 6.50. The standard InChI is InChI=1S/C14H16FIN2O/c1-9-6-14(7-12(14)18(9)16)8-17-13(19)10-4-2-3-5-11(10)15/h2-5,9,12H,6-8H2,1H3,(H,17,19)/t9-,12-,14+/m1/s1. The quantitative estimate of drug-likeness (QED) is 0.652. The van der Waals surface area contributed by atoms with E-state index in [0.29, 0.717) is 18.6 Å². The summed E-state index contributed by atoms with van der Waals surface area (Å²) >= 11 is 2.37. The maximum absolute atomic E-state index is 13.5. The van der Waals surface area contributed by atoms with Crippen LogP contribution in [0.25, 0.3) is 0 Å². The number of benzene rings is 1. The summed E-state index contributed by atoms with van der Waals surface area (Å²) in [4.78, 5) is 12.0. The van der Waals surface area contributed by atoms with Crippen molar-refractivity contribution in [3.8, 4) is 0 Å². The number of carbonyl (C=O) groups is 1. The zero-order valence-corrected chi connectivity index (χ0v) is 12.9. The first-order valence-corrected chi connectivity index (χ1v) is 7.47. The second-order valence-corrected chi connectivity index (χ2v) is 6.76. The molecule has 0 unspecified atom stereocenters. The summed E-state index contributed by atoms with van der Waals surface area (Å²) in [5.41, 5.74) is 0.357. The molecule has 0 bridgehead atoms. The van der Waals surface area contributed by atoms with Gasteiger partial charge in [-0.15, -0.1) is 0 Å². The summed E-state index contributed by atoms with van der Waals surface area (Å²) in [5, 5.41) is 2.90. The van der Waals surface area contributed by atoms with Gasteiger partial charge in [-0.05, 0) is 31.9 Å². The van der Waals surface area contributed by atoms with Crippen LogP contribution < -0.4 is 5.32 Å². The molecule has 1 aliphatic carbocycles. The number of nitrogens with zero attached hydrogens (tertiary/aromatic N) is 1. The van der Waals surface area contributed by atoms with Crippen molar-refractivity contribution in [1.29, 1.82) is 0 Å². The summed E-state index contributed by atoms with van der Waals surface area (Å²) in [5.74, 6) is -0.766. The van der Waals surface area contributed by atoms with Gasteiger partial charge in [-0.3, -0.25) is 4.79 Å². The fourth-order valence-corrected chi connectivity index (χ4v) is 4.12. The molecule has 0 aromatic heterocycles. The third kappa shape index (κ3) is 2.27.